The number of sulfonamides is 1. The Morgan fingerprint density at radius 3 is 2.36 bits per heavy atom. The summed E-state index contributed by atoms with van der Waals surface area (Å²) < 4.78 is 30.0. The van der Waals surface area contributed by atoms with Crippen LogP contribution in [-0.2, 0) is 23.0 Å². The molecule has 5 aromatic rings. The third-order valence-corrected chi connectivity index (χ3v) is 11.3. The average molecular weight is 710 g/mol. The van der Waals surface area contributed by atoms with Crippen LogP contribution in [0.5, 0.6) is 0 Å². The SMILES string of the molecule is CCCNC(=O)c1ccc(-c2cc3c(cc2C(=O)Nc2ccc(CN)cc2)-c2sccc2CCN3S(=O)(=O)c2ccc(C)cc2)c(C(=O)O)n1. The number of carbonyl (C=O) groups excluding carboxylic acids is 2. The molecule has 1 aliphatic heterocycles. The second kappa shape index (κ2) is 14.2. The van der Waals surface area contributed by atoms with E-state index in [2.05, 4.69) is 15.6 Å². The number of aryl methyl sites for hydroxylation is 1. The maximum absolute atomic E-state index is 14.3. The number of anilines is 2. The predicted octanol–water partition coefficient (Wildman–Crippen LogP) is 6.09. The number of nitrogens with one attached hydrogen (secondary N) is 2. The third kappa shape index (κ3) is 6.75. The predicted molar refractivity (Wildman–Crippen MR) is 194 cm³/mol. The van der Waals surface area contributed by atoms with Crippen LogP contribution in [0, 0.1) is 6.92 Å². The average Bonchev–Trinajstić information content (AvgIpc) is 3.52. The second-order valence-electron chi connectivity index (χ2n) is 11.8. The van der Waals surface area contributed by atoms with E-state index in [0.717, 1.165) is 21.6 Å². The van der Waals surface area contributed by atoms with E-state index in [0.29, 0.717) is 37.2 Å². The van der Waals surface area contributed by atoms with E-state index in [1.165, 1.54) is 27.8 Å². The summed E-state index contributed by atoms with van der Waals surface area (Å²) in [4.78, 5) is 44.8. The van der Waals surface area contributed by atoms with Gasteiger partial charge >= 0.3 is 5.97 Å². The van der Waals surface area contributed by atoms with Crippen LogP contribution in [0.2, 0.25) is 0 Å². The molecule has 5 N–H and O–H groups in total. The van der Waals surface area contributed by atoms with Crippen molar-refractivity contribution in [1.82, 2.24) is 10.3 Å². The van der Waals surface area contributed by atoms with Gasteiger partial charge in [-0.15, -0.1) is 11.3 Å². The lowest BCUT2D eigenvalue weighted by Crippen LogP contribution is -2.32. The van der Waals surface area contributed by atoms with Crippen molar-refractivity contribution in [2.24, 2.45) is 5.73 Å². The molecule has 0 bridgehead atoms. The number of nitrogens with two attached hydrogens (primary N) is 1. The molecule has 1 aliphatic rings. The number of carbonyl (C=O) groups is 3. The molecule has 0 fully saturated rings. The summed E-state index contributed by atoms with van der Waals surface area (Å²) in [5, 5.41) is 17.9. The zero-order valence-electron chi connectivity index (χ0n) is 27.4. The topological polar surface area (TPSA) is 172 Å². The van der Waals surface area contributed by atoms with Crippen molar-refractivity contribution in [3.8, 4) is 21.6 Å². The van der Waals surface area contributed by atoms with E-state index in [1.807, 2.05) is 25.3 Å². The molecule has 3 aromatic carbocycles. The van der Waals surface area contributed by atoms with Crippen molar-refractivity contribution in [1.29, 1.82) is 0 Å². The number of fused-ring (bicyclic) bond motifs is 3. The van der Waals surface area contributed by atoms with Crippen molar-refractivity contribution in [3.63, 3.8) is 0 Å². The van der Waals surface area contributed by atoms with E-state index in [-0.39, 0.29) is 39.5 Å². The number of carboxylic acids is 1. The molecular formula is C37H35N5O6S2. The van der Waals surface area contributed by atoms with Crippen LogP contribution >= 0.6 is 11.3 Å². The lowest BCUT2D eigenvalue weighted by Gasteiger charge is -2.26. The standard InChI is InChI=1S/C37H35N5O6S2/c1-3-16-39-36(44)31-13-12-27(33(41-31)37(45)46)28-20-32-30(19-29(28)35(43)40-25-8-6-23(21-38)7-9-25)34-24(15-18-49-34)14-17-42(32)50(47,48)26-10-4-22(2)5-11-26/h4-13,15,18-20H,3,14,16-17,21,38H2,1-2H3,(H,39,44)(H,40,43)(H,45,46). The molecule has 3 heterocycles. The van der Waals surface area contributed by atoms with Gasteiger partial charge in [0, 0.05) is 46.9 Å². The van der Waals surface area contributed by atoms with E-state index >= 15 is 0 Å². The minimum atomic E-state index is -4.11. The summed E-state index contributed by atoms with van der Waals surface area (Å²) >= 11 is 1.43. The largest absolute Gasteiger partial charge is 0.476 e. The number of aromatic carboxylic acids is 1. The van der Waals surface area contributed by atoms with Crippen LogP contribution in [0.3, 0.4) is 0 Å². The lowest BCUT2D eigenvalue weighted by molar-refractivity contribution is 0.0691. The molecule has 0 atom stereocenters. The van der Waals surface area contributed by atoms with Crippen LogP contribution in [0.25, 0.3) is 21.6 Å². The van der Waals surface area contributed by atoms with Gasteiger partial charge in [-0.2, -0.15) is 0 Å². The highest BCUT2D eigenvalue weighted by atomic mass is 32.2. The Labute approximate surface area is 293 Å². The van der Waals surface area contributed by atoms with Gasteiger partial charge in [0.25, 0.3) is 21.8 Å². The van der Waals surface area contributed by atoms with Gasteiger partial charge < -0.3 is 21.5 Å². The molecule has 6 rings (SSSR count). The monoisotopic (exact) mass is 709 g/mol. The van der Waals surface area contributed by atoms with Gasteiger partial charge in [0.15, 0.2) is 5.69 Å². The van der Waals surface area contributed by atoms with Gasteiger partial charge in [-0.3, -0.25) is 13.9 Å². The zero-order valence-corrected chi connectivity index (χ0v) is 29.0. The minimum Gasteiger partial charge on any atom is -0.476 e. The number of nitrogens with zero attached hydrogens (tertiary/aromatic N) is 2. The number of benzene rings is 3. The van der Waals surface area contributed by atoms with Crippen LogP contribution < -0.4 is 20.7 Å². The van der Waals surface area contributed by atoms with Crippen molar-refractivity contribution in [2.45, 2.75) is 38.1 Å². The highest BCUT2D eigenvalue weighted by Crippen LogP contribution is 2.45. The van der Waals surface area contributed by atoms with Crippen LogP contribution in [0.1, 0.15) is 61.4 Å². The van der Waals surface area contributed by atoms with Crippen molar-refractivity contribution in [3.05, 3.63) is 118 Å². The Morgan fingerprint density at radius 1 is 0.940 bits per heavy atom. The molecular weight excluding hydrogens is 675 g/mol. The van der Waals surface area contributed by atoms with E-state index in [1.54, 1.807) is 60.7 Å². The summed E-state index contributed by atoms with van der Waals surface area (Å²) in [5.74, 6) is -2.52. The first kappa shape index (κ1) is 34.5. The molecule has 2 amide bonds. The number of hydrogen-bond donors (Lipinski definition) is 4. The lowest BCUT2D eigenvalue weighted by atomic mass is 9.93. The van der Waals surface area contributed by atoms with Gasteiger partial charge in [0.2, 0.25) is 0 Å². The summed E-state index contributed by atoms with van der Waals surface area (Å²) in [6.07, 6.45) is 1.08. The van der Waals surface area contributed by atoms with Gasteiger partial charge in [0.05, 0.1) is 10.6 Å². The number of aromatic nitrogens is 1. The summed E-state index contributed by atoms with van der Waals surface area (Å²) in [5.41, 5.74) is 9.41. The molecule has 0 spiro atoms. The van der Waals surface area contributed by atoms with Gasteiger partial charge in [-0.05, 0) is 96.4 Å². The van der Waals surface area contributed by atoms with Crippen LogP contribution in [0.15, 0.2) is 89.1 Å². The molecule has 0 saturated carbocycles. The number of hydrogen-bond acceptors (Lipinski definition) is 8. The van der Waals surface area contributed by atoms with E-state index < -0.39 is 33.5 Å². The Balaban J connectivity index is 1.59. The molecule has 2 aromatic heterocycles. The molecule has 0 aliphatic carbocycles. The van der Waals surface area contributed by atoms with Crippen molar-refractivity contribution < 1.29 is 27.9 Å². The highest BCUT2D eigenvalue weighted by Gasteiger charge is 2.33. The Morgan fingerprint density at radius 2 is 1.68 bits per heavy atom. The summed E-state index contributed by atoms with van der Waals surface area (Å²) in [6.45, 7) is 4.56. The molecule has 0 saturated heterocycles. The zero-order chi connectivity index (χ0) is 35.6. The van der Waals surface area contributed by atoms with Gasteiger partial charge in [-0.25, -0.2) is 18.2 Å². The number of thiophene rings is 1. The second-order valence-corrected chi connectivity index (χ2v) is 14.6. The Hall–Kier alpha value is -5.37. The number of pyridine rings is 1. The van der Waals surface area contributed by atoms with Gasteiger partial charge in [0.1, 0.15) is 5.69 Å². The molecule has 0 radical (unpaired) electrons. The first-order valence-corrected chi connectivity index (χ1v) is 18.3. The summed E-state index contributed by atoms with van der Waals surface area (Å²) in [6, 6.07) is 21.5. The van der Waals surface area contributed by atoms with Crippen molar-refractivity contribution >= 4 is 50.5 Å². The first-order valence-electron chi connectivity index (χ1n) is 16.0. The maximum atomic E-state index is 14.3. The van der Waals surface area contributed by atoms with E-state index in [9.17, 15) is 27.9 Å². The fourth-order valence-corrected chi connectivity index (χ4v) is 8.26. The minimum absolute atomic E-state index is 0.0410. The molecule has 13 heteroatoms. The highest BCUT2D eigenvalue weighted by molar-refractivity contribution is 7.92. The first-order chi connectivity index (χ1) is 24.0. The van der Waals surface area contributed by atoms with E-state index in [4.69, 9.17) is 5.73 Å². The quantitative estimate of drug-likeness (QED) is 0.135. The van der Waals surface area contributed by atoms with Gasteiger partial charge in [-0.1, -0.05) is 36.8 Å². The normalized spacial score (nSPS) is 12.4. The molecule has 11 nitrogen and oxygen atoms in total. The Kier molecular flexibility index (Phi) is 9.82. The molecule has 50 heavy (non-hydrogen) atoms. The molecule has 0 unspecified atom stereocenters. The van der Waals surface area contributed by atoms with Crippen molar-refractivity contribution in [2.75, 3.05) is 22.7 Å². The third-order valence-electron chi connectivity index (χ3n) is 8.44. The number of carboxylic acid groups (broad SMARTS) is 1. The Bertz CT molecular complexity index is 2210. The number of amides is 2. The van der Waals surface area contributed by atoms with Crippen LogP contribution in [0.4, 0.5) is 11.4 Å². The maximum Gasteiger partial charge on any atom is 0.355 e. The fraction of sp³-hybridized carbons (Fsp3) is 0.189. The molecule has 256 valence electrons. The fourth-order valence-electron chi connectivity index (χ4n) is 5.80. The summed E-state index contributed by atoms with van der Waals surface area (Å²) in [7, 11) is -4.11. The smallest absolute Gasteiger partial charge is 0.355 e. The number of rotatable bonds is 10. The van der Waals surface area contributed by atoms with Crippen LogP contribution in [-0.4, -0.2) is 49.4 Å².